The second-order valence-electron chi connectivity index (χ2n) is 5.78. The fourth-order valence-electron chi connectivity index (χ4n) is 2.81. The van der Waals surface area contributed by atoms with Crippen LogP contribution in [0.5, 0.6) is 0 Å². The van der Waals surface area contributed by atoms with Crippen molar-refractivity contribution in [1.82, 2.24) is 14.2 Å². The van der Waals surface area contributed by atoms with Crippen LogP contribution in [0, 0.1) is 11.3 Å². The zero-order valence-corrected chi connectivity index (χ0v) is 14.7. The summed E-state index contributed by atoms with van der Waals surface area (Å²) in [5.74, 6) is 0. The number of nitrogens with zero attached hydrogens (tertiary/aromatic N) is 3. The van der Waals surface area contributed by atoms with Gasteiger partial charge in [-0.1, -0.05) is 18.2 Å². The predicted molar refractivity (Wildman–Crippen MR) is 99.0 cm³/mol. The average molecular weight is 401 g/mol. The number of fused-ring (bicyclic) bond motifs is 1. The van der Waals surface area contributed by atoms with E-state index in [0.717, 1.165) is 17.6 Å². The number of benzene rings is 2. The Morgan fingerprint density at radius 1 is 1.18 bits per heavy atom. The number of anilines is 2. The van der Waals surface area contributed by atoms with Crippen molar-refractivity contribution in [3.63, 3.8) is 0 Å². The lowest BCUT2D eigenvalue weighted by molar-refractivity contribution is -0.136. The summed E-state index contributed by atoms with van der Waals surface area (Å²) in [7, 11) is 0. The van der Waals surface area contributed by atoms with Crippen molar-refractivity contribution in [3.8, 4) is 11.8 Å². The maximum absolute atomic E-state index is 13.2. The Morgan fingerprint density at radius 2 is 1.96 bits per heavy atom. The van der Waals surface area contributed by atoms with Crippen molar-refractivity contribution in [2.75, 3.05) is 5.32 Å². The molecule has 0 aliphatic carbocycles. The first kappa shape index (κ1) is 17.8. The highest BCUT2D eigenvalue weighted by Crippen LogP contribution is 2.37. The Balaban J connectivity index is 1.86. The van der Waals surface area contributed by atoms with E-state index in [4.69, 9.17) is 0 Å². The molecule has 4 rings (SSSR count). The first-order valence-corrected chi connectivity index (χ1v) is 8.69. The number of hydrogen-bond donors (Lipinski definition) is 2. The van der Waals surface area contributed by atoms with Crippen LogP contribution in [0.3, 0.4) is 0 Å². The van der Waals surface area contributed by atoms with E-state index < -0.39 is 17.3 Å². The van der Waals surface area contributed by atoms with Crippen LogP contribution in [0.2, 0.25) is 0 Å². The van der Waals surface area contributed by atoms with Crippen LogP contribution in [-0.4, -0.2) is 14.2 Å². The van der Waals surface area contributed by atoms with Crippen LogP contribution in [0.25, 0.3) is 16.6 Å². The number of hydrogen-bond acceptors (Lipinski definition) is 5. The van der Waals surface area contributed by atoms with E-state index in [-0.39, 0.29) is 16.3 Å². The van der Waals surface area contributed by atoms with E-state index in [9.17, 15) is 23.2 Å². The quantitative estimate of drug-likeness (QED) is 0.532. The highest BCUT2D eigenvalue weighted by atomic mass is 32.1. The molecule has 0 aliphatic rings. The molecule has 2 aromatic carbocycles. The van der Waals surface area contributed by atoms with Gasteiger partial charge in [0.15, 0.2) is 5.56 Å². The number of H-pyrrole nitrogens is 1. The monoisotopic (exact) mass is 401 g/mol. The van der Waals surface area contributed by atoms with Crippen LogP contribution >= 0.6 is 11.5 Å². The second kappa shape index (κ2) is 6.54. The number of aromatic amines is 1. The number of alkyl halides is 3. The van der Waals surface area contributed by atoms with Crippen LogP contribution in [0.4, 0.5) is 23.9 Å². The third-order valence-electron chi connectivity index (χ3n) is 4.08. The van der Waals surface area contributed by atoms with Crippen molar-refractivity contribution in [3.05, 3.63) is 70.1 Å². The van der Waals surface area contributed by atoms with Gasteiger partial charge in [0.05, 0.1) is 28.7 Å². The first-order chi connectivity index (χ1) is 13.4. The van der Waals surface area contributed by atoms with Gasteiger partial charge in [-0.3, -0.25) is 9.89 Å². The van der Waals surface area contributed by atoms with Crippen molar-refractivity contribution >= 4 is 33.1 Å². The minimum Gasteiger partial charge on any atom is -0.344 e. The molecule has 140 valence electrons. The Labute approximate surface area is 159 Å². The minimum atomic E-state index is -4.58. The van der Waals surface area contributed by atoms with Gasteiger partial charge >= 0.3 is 6.18 Å². The van der Waals surface area contributed by atoms with Crippen molar-refractivity contribution in [1.29, 1.82) is 5.26 Å². The standard InChI is InChI=1S/C18H10F3N5OS/c19-18(20,21)12-4-1-2-5-14(12)24-16-10(8-22)17(27)26(28-16)15-7-3-6-13-11(15)9-23-25-13/h1-7,9,24H,(H,23,25). The minimum absolute atomic E-state index is 0.0321. The molecule has 2 heterocycles. The molecule has 28 heavy (non-hydrogen) atoms. The largest absolute Gasteiger partial charge is 0.418 e. The molecule has 10 heteroatoms. The number of aromatic nitrogens is 3. The fraction of sp³-hybridized carbons (Fsp3) is 0.0556. The van der Waals surface area contributed by atoms with E-state index >= 15 is 0 Å². The van der Waals surface area contributed by atoms with Crippen molar-refractivity contribution < 1.29 is 13.2 Å². The van der Waals surface area contributed by atoms with Gasteiger partial charge in [-0.05, 0) is 35.8 Å². The number of rotatable bonds is 3. The third kappa shape index (κ3) is 2.91. The van der Waals surface area contributed by atoms with E-state index in [1.54, 1.807) is 24.3 Å². The van der Waals surface area contributed by atoms with Gasteiger partial charge in [0.25, 0.3) is 5.56 Å². The molecule has 0 unspecified atom stereocenters. The maximum atomic E-state index is 13.2. The van der Waals surface area contributed by atoms with Gasteiger partial charge in [0.1, 0.15) is 11.1 Å². The van der Waals surface area contributed by atoms with Crippen LogP contribution in [0.1, 0.15) is 11.1 Å². The molecule has 2 N–H and O–H groups in total. The summed E-state index contributed by atoms with van der Waals surface area (Å²) in [6, 6.07) is 11.8. The van der Waals surface area contributed by atoms with Crippen LogP contribution in [0.15, 0.2) is 53.5 Å². The molecule has 0 radical (unpaired) electrons. The highest BCUT2D eigenvalue weighted by molar-refractivity contribution is 7.11. The van der Waals surface area contributed by atoms with Gasteiger partial charge in [-0.15, -0.1) is 0 Å². The smallest absolute Gasteiger partial charge is 0.344 e. The zero-order chi connectivity index (χ0) is 19.9. The molecule has 0 fully saturated rings. The Morgan fingerprint density at radius 3 is 2.71 bits per heavy atom. The van der Waals surface area contributed by atoms with Gasteiger partial charge in [-0.25, -0.2) is 3.96 Å². The van der Waals surface area contributed by atoms with E-state index in [1.165, 1.54) is 28.4 Å². The van der Waals surface area contributed by atoms with Crippen LogP contribution < -0.4 is 10.9 Å². The first-order valence-electron chi connectivity index (χ1n) is 7.92. The summed E-state index contributed by atoms with van der Waals surface area (Å²) in [4.78, 5) is 12.7. The van der Waals surface area contributed by atoms with Gasteiger partial charge < -0.3 is 5.32 Å². The molecule has 6 nitrogen and oxygen atoms in total. The molecule has 2 aromatic heterocycles. The topological polar surface area (TPSA) is 86.5 Å². The third-order valence-corrected chi connectivity index (χ3v) is 5.11. The Hall–Kier alpha value is -3.58. The van der Waals surface area contributed by atoms with Crippen molar-refractivity contribution in [2.45, 2.75) is 6.18 Å². The second-order valence-corrected chi connectivity index (χ2v) is 6.74. The number of nitriles is 1. The SMILES string of the molecule is N#Cc1c(Nc2ccccc2C(F)(F)F)sn(-c2cccc3[nH]ncc23)c1=O. The van der Waals surface area contributed by atoms with Gasteiger partial charge in [0, 0.05) is 5.39 Å². The fourth-order valence-corrected chi connectivity index (χ4v) is 3.80. The zero-order valence-electron chi connectivity index (χ0n) is 13.9. The molecule has 0 saturated heterocycles. The molecule has 0 saturated carbocycles. The molecule has 0 aliphatic heterocycles. The summed E-state index contributed by atoms with van der Waals surface area (Å²) in [6.45, 7) is 0. The lowest BCUT2D eigenvalue weighted by atomic mass is 10.1. The number of para-hydroxylation sites is 1. The van der Waals surface area contributed by atoms with Crippen molar-refractivity contribution in [2.24, 2.45) is 0 Å². The summed E-state index contributed by atoms with van der Waals surface area (Å²) < 4.78 is 41.0. The van der Waals surface area contributed by atoms with Crippen LogP contribution in [-0.2, 0) is 6.18 Å². The maximum Gasteiger partial charge on any atom is 0.418 e. The summed E-state index contributed by atoms with van der Waals surface area (Å²) in [5, 5.41) is 19.4. The highest BCUT2D eigenvalue weighted by Gasteiger charge is 2.33. The normalized spacial score (nSPS) is 11.5. The Kier molecular flexibility index (Phi) is 4.16. The molecular weight excluding hydrogens is 391 g/mol. The molecule has 4 aromatic rings. The summed E-state index contributed by atoms with van der Waals surface area (Å²) >= 11 is 0.858. The van der Waals surface area contributed by atoms with E-state index in [2.05, 4.69) is 15.5 Å². The van der Waals surface area contributed by atoms with E-state index in [0.29, 0.717) is 16.6 Å². The molecule has 0 spiro atoms. The van der Waals surface area contributed by atoms with E-state index in [1.807, 2.05) is 0 Å². The lowest BCUT2D eigenvalue weighted by Crippen LogP contribution is -2.14. The Bertz CT molecular complexity index is 1280. The van der Waals surface area contributed by atoms with Gasteiger partial charge in [0.2, 0.25) is 0 Å². The average Bonchev–Trinajstić information content (AvgIpc) is 3.25. The number of nitrogens with one attached hydrogen (secondary N) is 2. The molecule has 0 amide bonds. The predicted octanol–water partition coefficient (Wildman–Crippen LogP) is 4.41. The summed E-state index contributed by atoms with van der Waals surface area (Å²) in [5.41, 5.74) is -0.830. The lowest BCUT2D eigenvalue weighted by Gasteiger charge is -2.13. The number of halogens is 3. The summed E-state index contributed by atoms with van der Waals surface area (Å²) in [6.07, 6.45) is -3.04. The molecule has 0 atom stereocenters. The molecular formula is C18H10F3N5OS. The molecule has 0 bridgehead atoms. The van der Waals surface area contributed by atoms with Gasteiger partial charge in [-0.2, -0.15) is 23.5 Å².